The quantitative estimate of drug-likeness (QED) is 0.0554. The number of benzene rings is 1. The number of carbonyl (C=O) groups excluding carboxylic acids is 2. The Balaban J connectivity index is 2.01. The first-order chi connectivity index (χ1) is 22.7. The molecule has 0 amide bonds. The molecule has 0 aliphatic carbocycles. The maximum Gasteiger partial charge on any atom is 0.339 e. The minimum Gasteiger partial charge on any atom is -0.462 e. The number of carbonyl (C=O) groups is 2. The number of hydrogen-bond donors (Lipinski definition) is 0. The van der Waals surface area contributed by atoms with Gasteiger partial charge in [-0.25, -0.2) is 9.59 Å². The highest BCUT2D eigenvalue weighted by Gasteiger charge is 2.18. The second-order valence-corrected chi connectivity index (χ2v) is 13.7. The van der Waals surface area contributed by atoms with Gasteiger partial charge in [0, 0.05) is 0 Å². The van der Waals surface area contributed by atoms with Crippen molar-refractivity contribution >= 4 is 11.9 Å². The van der Waals surface area contributed by atoms with Gasteiger partial charge in [0.25, 0.3) is 0 Å². The van der Waals surface area contributed by atoms with Gasteiger partial charge in [0.05, 0.1) is 24.3 Å². The Morgan fingerprint density at radius 1 is 0.370 bits per heavy atom. The highest BCUT2D eigenvalue weighted by molar-refractivity contribution is 6.03. The normalized spacial score (nSPS) is 11.2. The maximum absolute atomic E-state index is 12.7. The van der Waals surface area contributed by atoms with Gasteiger partial charge in [-0.15, -0.1) is 0 Å². The van der Waals surface area contributed by atoms with Crippen molar-refractivity contribution in [3.05, 3.63) is 35.4 Å². The first kappa shape index (κ1) is 42.2. The molecule has 1 aromatic rings. The van der Waals surface area contributed by atoms with Gasteiger partial charge in [-0.2, -0.15) is 0 Å². The van der Waals surface area contributed by atoms with E-state index in [1.165, 1.54) is 167 Å². The van der Waals surface area contributed by atoms with Gasteiger partial charge in [-0.1, -0.05) is 206 Å². The van der Waals surface area contributed by atoms with E-state index in [2.05, 4.69) is 13.8 Å². The molecule has 4 heteroatoms. The van der Waals surface area contributed by atoms with E-state index in [9.17, 15) is 9.59 Å². The summed E-state index contributed by atoms with van der Waals surface area (Å²) in [5.41, 5.74) is 0.620. The third-order valence-corrected chi connectivity index (χ3v) is 9.33. The number of esters is 2. The van der Waals surface area contributed by atoms with Crippen LogP contribution in [0.2, 0.25) is 0 Å². The van der Waals surface area contributed by atoms with Crippen molar-refractivity contribution in [1.29, 1.82) is 0 Å². The molecule has 0 saturated heterocycles. The Bertz CT molecular complexity index is 820. The molecule has 0 spiro atoms. The van der Waals surface area contributed by atoms with Crippen LogP contribution in [0, 0.1) is 0 Å². The Kier molecular flexibility index (Phi) is 30.3. The number of ether oxygens (including phenoxy) is 2. The predicted octanol–water partition coefficient (Wildman–Crippen LogP) is 13.7. The molecule has 0 N–H and O–H groups in total. The summed E-state index contributed by atoms with van der Waals surface area (Å²) >= 11 is 0. The molecular formula is C42H74O4. The van der Waals surface area contributed by atoms with Crippen LogP contribution in [0.3, 0.4) is 0 Å². The fourth-order valence-corrected chi connectivity index (χ4v) is 6.27. The highest BCUT2D eigenvalue weighted by Crippen LogP contribution is 2.16. The van der Waals surface area contributed by atoms with Crippen molar-refractivity contribution in [1.82, 2.24) is 0 Å². The van der Waals surface area contributed by atoms with Crippen LogP contribution in [0.25, 0.3) is 0 Å². The van der Waals surface area contributed by atoms with Crippen molar-refractivity contribution in [2.24, 2.45) is 0 Å². The predicted molar refractivity (Wildman–Crippen MR) is 197 cm³/mol. The SMILES string of the molecule is CCCCCCCCCCCCCCCCCCOC(=O)c1ccccc1C(=O)OCCCCCCCCCCCCCCCC. The smallest absolute Gasteiger partial charge is 0.339 e. The molecule has 0 heterocycles. The fourth-order valence-electron chi connectivity index (χ4n) is 6.27. The molecule has 0 aliphatic heterocycles. The molecule has 0 bridgehead atoms. The van der Waals surface area contributed by atoms with E-state index in [0.29, 0.717) is 24.3 Å². The van der Waals surface area contributed by atoms with Crippen molar-refractivity contribution < 1.29 is 19.1 Å². The summed E-state index contributed by atoms with van der Waals surface area (Å²) in [6.45, 7) is 5.36. The molecular weight excluding hydrogens is 568 g/mol. The van der Waals surface area contributed by atoms with Gasteiger partial charge in [0.15, 0.2) is 0 Å². The van der Waals surface area contributed by atoms with E-state index in [4.69, 9.17) is 9.47 Å². The highest BCUT2D eigenvalue weighted by atomic mass is 16.5. The third kappa shape index (κ3) is 25.3. The third-order valence-electron chi connectivity index (χ3n) is 9.33. The Morgan fingerprint density at radius 2 is 0.587 bits per heavy atom. The number of unbranched alkanes of at least 4 members (excludes halogenated alkanes) is 28. The van der Waals surface area contributed by atoms with Crippen LogP contribution < -0.4 is 0 Å². The van der Waals surface area contributed by atoms with Crippen LogP contribution in [0.1, 0.15) is 227 Å². The van der Waals surface area contributed by atoms with E-state index in [1.54, 1.807) is 24.3 Å². The first-order valence-electron chi connectivity index (χ1n) is 20.1. The van der Waals surface area contributed by atoms with Crippen LogP contribution in [0.5, 0.6) is 0 Å². The van der Waals surface area contributed by atoms with E-state index < -0.39 is 11.9 Å². The van der Waals surface area contributed by atoms with Crippen molar-refractivity contribution in [3.8, 4) is 0 Å². The molecule has 46 heavy (non-hydrogen) atoms. The number of hydrogen-bond acceptors (Lipinski definition) is 4. The van der Waals surface area contributed by atoms with Crippen molar-refractivity contribution in [3.63, 3.8) is 0 Å². The molecule has 266 valence electrons. The summed E-state index contributed by atoms with van der Waals surface area (Å²) in [4.78, 5) is 25.4. The zero-order valence-electron chi connectivity index (χ0n) is 30.6. The van der Waals surface area contributed by atoms with E-state index in [-0.39, 0.29) is 0 Å². The topological polar surface area (TPSA) is 52.6 Å². The standard InChI is InChI=1S/C42H74O4/c1-3-5-7-9-11-13-15-17-19-20-22-24-26-28-30-34-38-46-42(44)40-36-32-31-35-39(40)41(43)45-37-33-29-27-25-23-21-18-16-14-12-10-8-6-4-2/h31-32,35-36H,3-30,33-34,37-38H2,1-2H3. The van der Waals surface area contributed by atoms with Crippen LogP contribution >= 0.6 is 0 Å². The lowest BCUT2D eigenvalue weighted by molar-refractivity contribution is 0.0450. The van der Waals surface area contributed by atoms with Crippen LogP contribution in [0.15, 0.2) is 24.3 Å². The molecule has 0 aromatic heterocycles. The molecule has 0 fully saturated rings. The van der Waals surface area contributed by atoms with Crippen LogP contribution in [-0.4, -0.2) is 25.2 Å². The van der Waals surface area contributed by atoms with Crippen molar-refractivity contribution in [2.45, 2.75) is 206 Å². The van der Waals surface area contributed by atoms with Gasteiger partial charge in [-0.05, 0) is 25.0 Å². The molecule has 0 radical (unpaired) electrons. The summed E-state index contributed by atoms with van der Waals surface area (Å²) in [6, 6.07) is 6.88. The zero-order chi connectivity index (χ0) is 33.2. The average Bonchev–Trinajstić information content (AvgIpc) is 3.07. The second kappa shape index (κ2) is 33.1. The van der Waals surface area contributed by atoms with Crippen LogP contribution in [-0.2, 0) is 9.47 Å². The summed E-state index contributed by atoms with van der Waals surface area (Å²) < 4.78 is 11.0. The monoisotopic (exact) mass is 643 g/mol. The van der Waals surface area contributed by atoms with Crippen molar-refractivity contribution in [2.75, 3.05) is 13.2 Å². The van der Waals surface area contributed by atoms with E-state index in [0.717, 1.165) is 25.7 Å². The minimum absolute atomic E-state index is 0.310. The molecule has 0 unspecified atom stereocenters. The van der Waals surface area contributed by atoms with Gasteiger partial charge < -0.3 is 9.47 Å². The zero-order valence-corrected chi connectivity index (χ0v) is 30.6. The summed E-state index contributed by atoms with van der Waals surface area (Å²) in [5, 5.41) is 0. The summed E-state index contributed by atoms with van der Waals surface area (Å²) in [6.07, 6.45) is 39.2. The van der Waals surface area contributed by atoms with Gasteiger partial charge >= 0.3 is 11.9 Å². The molecule has 0 saturated carbocycles. The molecule has 0 atom stereocenters. The largest absolute Gasteiger partial charge is 0.462 e. The van der Waals surface area contributed by atoms with Gasteiger partial charge in [0.1, 0.15) is 0 Å². The van der Waals surface area contributed by atoms with E-state index >= 15 is 0 Å². The number of rotatable bonds is 34. The lowest BCUT2D eigenvalue weighted by Crippen LogP contribution is -2.15. The lowest BCUT2D eigenvalue weighted by Gasteiger charge is -2.10. The maximum atomic E-state index is 12.7. The summed E-state index contributed by atoms with van der Waals surface area (Å²) in [5.74, 6) is -0.852. The van der Waals surface area contributed by atoms with Gasteiger partial charge in [-0.3, -0.25) is 0 Å². The lowest BCUT2D eigenvalue weighted by atomic mass is 10.0. The minimum atomic E-state index is -0.426. The average molecular weight is 643 g/mol. The second-order valence-electron chi connectivity index (χ2n) is 13.7. The molecule has 0 aliphatic rings. The Labute approximate surface area is 285 Å². The Morgan fingerprint density at radius 3 is 0.826 bits per heavy atom. The Hall–Kier alpha value is -1.84. The first-order valence-corrected chi connectivity index (χ1v) is 20.1. The molecule has 4 nitrogen and oxygen atoms in total. The fraction of sp³-hybridized carbons (Fsp3) is 0.810. The van der Waals surface area contributed by atoms with Crippen LogP contribution in [0.4, 0.5) is 0 Å². The molecule has 1 aromatic carbocycles. The van der Waals surface area contributed by atoms with E-state index in [1.807, 2.05) is 0 Å². The summed E-state index contributed by atoms with van der Waals surface area (Å²) in [7, 11) is 0. The van der Waals surface area contributed by atoms with Gasteiger partial charge in [0.2, 0.25) is 0 Å². The molecule has 1 rings (SSSR count).